The van der Waals surface area contributed by atoms with E-state index in [-0.39, 0.29) is 11.7 Å². The minimum Gasteiger partial charge on any atom is -0.497 e. The Labute approximate surface area is 98.4 Å². The van der Waals surface area contributed by atoms with Gasteiger partial charge in [0, 0.05) is 5.69 Å². The van der Waals surface area contributed by atoms with Gasteiger partial charge in [-0.2, -0.15) is 0 Å². The molecule has 0 saturated heterocycles. The van der Waals surface area contributed by atoms with E-state index in [1.54, 1.807) is 38.3 Å². The number of nitrogens with one attached hydrogen (secondary N) is 1. The summed E-state index contributed by atoms with van der Waals surface area (Å²) in [5, 5.41) is 2.71. The van der Waals surface area contributed by atoms with Gasteiger partial charge in [0.1, 0.15) is 5.75 Å². The molecule has 0 bridgehead atoms. The summed E-state index contributed by atoms with van der Waals surface area (Å²) in [6.45, 7) is 1.71. The summed E-state index contributed by atoms with van der Waals surface area (Å²) >= 11 is 0. The number of nitrogens with zero attached hydrogens (tertiary/aromatic N) is 1. The SMILES string of the molecule is COc1ccc(NC(=O)c2ocnc2C)cc1. The van der Waals surface area contributed by atoms with Crippen molar-refractivity contribution < 1.29 is 13.9 Å². The Morgan fingerprint density at radius 2 is 2.06 bits per heavy atom. The Morgan fingerprint density at radius 3 is 2.59 bits per heavy atom. The van der Waals surface area contributed by atoms with Crippen molar-refractivity contribution in [1.29, 1.82) is 0 Å². The summed E-state index contributed by atoms with van der Waals surface area (Å²) in [7, 11) is 1.59. The van der Waals surface area contributed by atoms with E-state index in [0.29, 0.717) is 11.4 Å². The van der Waals surface area contributed by atoms with Crippen LogP contribution in [0.5, 0.6) is 5.75 Å². The summed E-state index contributed by atoms with van der Waals surface area (Å²) in [4.78, 5) is 15.6. The van der Waals surface area contributed by atoms with Crippen molar-refractivity contribution in [2.24, 2.45) is 0 Å². The topological polar surface area (TPSA) is 64.4 Å². The summed E-state index contributed by atoms with van der Waals surface area (Å²) in [6.07, 6.45) is 1.25. The van der Waals surface area contributed by atoms with Crippen LogP contribution >= 0.6 is 0 Å². The third kappa shape index (κ3) is 2.44. The fourth-order valence-electron chi connectivity index (χ4n) is 1.38. The fourth-order valence-corrected chi connectivity index (χ4v) is 1.38. The van der Waals surface area contributed by atoms with Gasteiger partial charge in [-0.3, -0.25) is 4.79 Å². The van der Waals surface area contributed by atoms with Crippen LogP contribution in [-0.2, 0) is 0 Å². The molecule has 1 amide bonds. The van der Waals surface area contributed by atoms with Crippen LogP contribution in [0.25, 0.3) is 0 Å². The van der Waals surface area contributed by atoms with Crippen LogP contribution in [0.15, 0.2) is 35.1 Å². The van der Waals surface area contributed by atoms with Gasteiger partial charge in [-0.1, -0.05) is 0 Å². The molecule has 5 heteroatoms. The van der Waals surface area contributed by atoms with Crippen LogP contribution in [0.2, 0.25) is 0 Å². The Hall–Kier alpha value is -2.30. The van der Waals surface area contributed by atoms with E-state index >= 15 is 0 Å². The molecule has 88 valence electrons. The van der Waals surface area contributed by atoms with Crippen LogP contribution < -0.4 is 10.1 Å². The predicted molar refractivity (Wildman–Crippen MR) is 62.2 cm³/mol. The van der Waals surface area contributed by atoms with E-state index < -0.39 is 0 Å². The Kier molecular flexibility index (Phi) is 3.09. The molecular formula is C12H12N2O3. The maximum absolute atomic E-state index is 11.8. The highest BCUT2D eigenvalue weighted by Crippen LogP contribution is 2.16. The Bertz CT molecular complexity index is 517. The highest BCUT2D eigenvalue weighted by molar-refractivity contribution is 6.02. The first-order chi connectivity index (χ1) is 8.20. The van der Waals surface area contributed by atoms with Gasteiger partial charge >= 0.3 is 0 Å². The van der Waals surface area contributed by atoms with E-state index in [4.69, 9.17) is 9.15 Å². The molecule has 2 rings (SSSR count). The maximum atomic E-state index is 11.8. The van der Waals surface area contributed by atoms with E-state index in [1.807, 2.05) is 0 Å². The number of hydrogen-bond acceptors (Lipinski definition) is 4. The number of carbonyl (C=O) groups is 1. The molecule has 0 unspecified atom stereocenters. The van der Waals surface area contributed by atoms with E-state index in [9.17, 15) is 4.79 Å². The van der Waals surface area contributed by atoms with E-state index in [2.05, 4.69) is 10.3 Å². The zero-order chi connectivity index (χ0) is 12.3. The quantitative estimate of drug-likeness (QED) is 0.881. The third-order valence-corrected chi connectivity index (χ3v) is 2.30. The van der Waals surface area contributed by atoms with Gasteiger partial charge in [0.2, 0.25) is 5.76 Å². The molecule has 0 aliphatic heterocycles. The number of ether oxygens (including phenoxy) is 1. The van der Waals surface area contributed by atoms with Crippen molar-refractivity contribution in [1.82, 2.24) is 4.98 Å². The maximum Gasteiger partial charge on any atom is 0.293 e. The van der Waals surface area contributed by atoms with Gasteiger partial charge in [0.25, 0.3) is 5.91 Å². The summed E-state index contributed by atoms with van der Waals surface area (Å²) in [6, 6.07) is 7.04. The van der Waals surface area contributed by atoms with Crippen molar-refractivity contribution in [3.8, 4) is 5.75 Å². The lowest BCUT2D eigenvalue weighted by molar-refractivity contribution is 0.0996. The highest BCUT2D eigenvalue weighted by Gasteiger charge is 2.13. The van der Waals surface area contributed by atoms with Crippen LogP contribution in [0.1, 0.15) is 16.2 Å². The number of hydrogen-bond donors (Lipinski definition) is 1. The molecule has 2 aromatic rings. The van der Waals surface area contributed by atoms with Gasteiger partial charge in [0.05, 0.1) is 12.8 Å². The summed E-state index contributed by atoms with van der Waals surface area (Å²) in [5.41, 5.74) is 1.24. The van der Waals surface area contributed by atoms with Gasteiger partial charge in [0.15, 0.2) is 6.39 Å². The molecule has 0 aliphatic carbocycles. The highest BCUT2D eigenvalue weighted by atomic mass is 16.5. The molecule has 0 aliphatic rings. The number of benzene rings is 1. The largest absolute Gasteiger partial charge is 0.497 e. The van der Waals surface area contributed by atoms with Crippen molar-refractivity contribution >= 4 is 11.6 Å². The lowest BCUT2D eigenvalue weighted by Gasteiger charge is -2.04. The zero-order valence-electron chi connectivity index (χ0n) is 9.56. The summed E-state index contributed by atoms with van der Waals surface area (Å²) in [5.74, 6) is 0.643. The number of amides is 1. The predicted octanol–water partition coefficient (Wildman–Crippen LogP) is 2.24. The number of oxazole rings is 1. The number of aryl methyl sites for hydroxylation is 1. The second-order valence-corrected chi connectivity index (χ2v) is 3.45. The van der Waals surface area contributed by atoms with Gasteiger partial charge in [-0.15, -0.1) is 0 Å². The number of carbonyl (C=O) groups excluding carboxylic acids is 1. The van der Waals surface area contributed by atoms with Gasteiger partial charge < -0.3 is 14.5 Å². The molecule has 1 aromatic carbocycles. The number of rotatable bonds is 3. The third-order valence-electron chi connectivity index (χ3n) is 2.30. The molecule has 0 atom stereocenters. The molecule has 17 heavy (non-hydrogen) atoms. The lowest BCUT2D eigenvalue weighted by Crippen LogP contribution is -2.12. The molecule has 5 nitrogen and oxygen atoms in total. The standard InChI is InChI=1S/C12H12N2O3/c1-8-11(17-7-13-8)12(15)14-9-3-5-10(16-2)6-4-9/h3-7H,1-2H3,(H,14,15). The average Bonchev–Trinajstić information content (AvgIpc) is 2.76. The Morgan fingerprint density at radius 1 is 1.35 bits per heavy atom. The molecule has 1 N–H and O–H groups in total. The van der Waals surface area contributed by atoms with Crippen molar-refractivity contribution in [3.63, 3.8) is 0 Å². The lowest BCUT2D eigenvalue weighted by atomic mass is 10.3. The molecule has 0 fully saturated rings. The van der Waals surface area contributed by atoms with Crippen molar-refractivity contribution in [2.45, 2.75) is 6.92 Å². The molecule has 0 radical (unpaired) electrons. The molecular weight excluding hydrogens is 220 g/mol. The molecule has 0 spiro atoms. The van der Waals surface area contributed by atoms with Gasteiger partial charge in [-0.25, -0.2) is 4.98 Å². The average molecular weight is 232 g/mol. The normalized spacial score (nSPS) is 10.0. The van der Waals surface area contributed by atoms with Crippen LogP contribution in [0.3, 0.4) is 0 Å². The van der Waals surface area contributed by atoms with E-state index in [0.717, 1.165) is 5.75 Å². The fraction of sp³-hybridized carbons (Fsp3) is 0.167. The Balaban J connectivity index is 2.10. The van der Waals surface area contributed by atoms with Crippen LogP contribution in [-0.4, -0.2) is 18.0 Å². The van der Waals surface area contributed by atoms with Gasteiger partial charge in [-0.05, 0) is 31.2 Å². The first-order valence-electron chi connectivity index (χ1n) is 5.06. The monoisotopic (exact) mass is 232 g/mol. The number of aromatic nitrogens is 1. The first kappa shape index (κ1) is 11.2. The number of anilines is 1. The molecule has 0 saturated carbocycles. The minimum absolute atomic E-state index is 0.223. The van der Waals surface area contributed by atoms with Crippen LogP contribution in [0, 0.1) is 6.92 Å². The van der Waals surface area contributed by atoms with Crippen molar-refractivity contribution in [3.05, 3.63) is 42.1 Å². The minimum atomic E-state index is -0.315. The number of methoxy groups -OCH3 is 1. The van der Waals surface area contributed by atoms with Crippen molar-refractivity contribution in [2.75, 3.05) is 12.4 Å². The molecule has 1 heterocycles. The second-order valence-electron chi connectivity index (χ2n) is 3.45. The van der Waals surface area contributed by atoms with Crippen LogP contribution in [0.4, 0.5) is 5.69 Å². The smallest absolute Gasteiger partial charge is 0.293 e. The first-order valence-corrected chi connectivity index (χ1v) is 5.06. The molecule has 1 aromatic heterocycles. The summed E-state index contributed by atoms with van der Waals surface area (Å²) < 4.78 is 10.0. The second kappa shape index (κ2) is 4.69. The van der Waals surface area contributed by atoms with E-state index in [1.165, 1.54) is 6.39 Å². The zero-order valence-corrected chi connectivity index (χ0v) is 9.56.